The van der Waals surface area contributed by atoms with Crippen LogP contribution in [0.3, 0.4) is 0 Å². The molecule has 1 aliphatic heterocycles. The molecule has 92 valence electrons. The van der Waals surface area contributed by atoms with Crippen molar-refractivity contribution in [2.24, 2.45) is 0 Å². The third-order valence-electron chi connectivity index (χ3n) is 3.41. The highest BCUT2D eigenvalue weighted by molar-refractivity contribution is 5.29. The minimum Gasteiger partial charge on any atom is -0.508 e. The van der Waals surface area contributed by atoms with Gasteiger partial charge in [0.1, 0.15) is 12.0 Å². The smallest absolute Gasteiger partial charge is 0.137 e. The molecule has 2 fully saturated rings. The van der Waals surface area contributed by atoms with Crippen LogP contribution in [0.4, 0.5) is 0 Å². The summed E-state index contributed by atoms with van der Waals surface area (Å²) in [6.07, 6.45) is 2.18. The van der Waals surface area contributed by atoms with Gasteiger partial charge in [0.15, 0.2) is 0 Å². The second-order valence-corrected chi connectivity index (χ2v) is 4.82. The molecule has 0 amide bonds. The number of aromatic hydroxyl groups is 1. The predicted molar refractivity (Wildman–Crippen MR) is 62.5 cm³/mol. The molecule has 4 heteroatoms. The topological polar surface area (TPSA) is 52.9 Å². The van der Waals surface area contributed by atoms with Crippen molar-refractivity contribution < 1.29 is 14.9 Å². The molecule has 0 spiro atoms. The maximum absolute atomic E-state index is 9.51. The van der Waals surface area contributed by atoms with Crippen molar-refractivity contribution in [1.82, 2.24) is 4.90 Å². The maximum atomic E-state index is 9.51. The molecule has 1 saturated carbocycles. The molecule has 2 atom stereocenters. The number of rotatable bonds is 3. The van der Waals surface area contributed by atoms with E-state index < -0.39 is 0 Å². The Morgan fingerprint density at radius 1 is 1.35 bits per heavy atom. The number of aliphatic hydroxyl groups excluding tert-OH is 1. The summed E-state index contributed by atoms with van der Waals surface area (Å²) < 4.78 is 5.83. The fraction of sp³-hybridized carbons (Fsp3) is 0.538. The van der Waals surface area contributed by atoms with Gasteiger partial charge in [-0.2, -0.15) is 0 Å². The minimum absolute atomic E-state index is 0.0541. The van der Waals surface area contributed by atoms with E-state index in [0.717, 1.165) is 12.1 Å². The Morgan fingerprint density at radius 3 is 2.82 bits per heavy atom. The van der Waals surface area contributed by atoms with E-state index in [4.69, 9.17) is 4.74 Å². The van der Waals surface area contributed by atoms with Gasteiger partial charge in [-0.15, -0.1) is 0 Å². The molecule has 17 heavy (non-hydrogen) atoms. The number of ether oxygens (including phenoxy) is 1. The Labute approximate surface area is 100 Å². The highest BCUT2D eigenvalue weighted by atomic mass is 16.5. The van der Waals surface area contributed by atoms with Crippen molar-refractivity contribution in [3.63, 3.8) is 0 Å². The van der Waals surface area contributed by atoms with E-state index in [2.05, 4.69) is 4.90 Å². The van der Waals surface area contributed by atoms with E-state index in [1.54, 1.807) is 12.1 Å². The molecule has 1 aromatic carbocycles. The average Bonchev–Trinajstić information content (AvgIpc) is 3.08. The molecule has 3 rings (SSSR count). The highest BCUT2D eigenvalue weighted by Gasteiger charge is 2.42. The standard InChI is InChI=1S/C13H17NO3/c15-8-12-7-14(10-4-5-10)13(17-12)9-2-1-3-11(16)6-9/h1-3,6,10,12-13,15-16H,4-5,7-8H2. The second kappa shape index (κ2) is 4.29. The monoisotopic (exact) mass is 235 g/mol. The molecule has 0 aromatic heterocycles. The Bertz CT molecular complexity index is 405. The van der Waals surface area contributed by atoms with Crippen molar-refractivity contribution in [3.8, 4) is 5.75 Å². The number of benzene rings is 1. The predicted octanol–water partition coefficient (Wildman–Crippen LogP) is 1.25. The van der Waals surface area contributed by atoms with E-state index >= 15 is 0 Å². The Hall–Kier alpha value is -1.10. The fourth-order valence-corrected chi connectivity index (χ4v) is 2.43. The molecule has 1 aliphatic carbocycles. The number of hydrogen-bond donors (Lipinski definition) is 2. The lowest BCUT2D eigenvalue weighted by molar-refractivity contribution is -0.0217. The van der Waals surface area contributed by atoms with Crippen LogP contribution >= 0.6 is 0 Å². The van der Waals surface area contributed by atoms with E-state index in [9.17, 15) is 10.2 Å². The SMILES string of the molecule is OCC1CN(C2CC2)C(c2cccc(O)c2)O1. The van der Waals surface area contributed by atoms with Crippen LogP contribution in [0.2, 0.25) is 0 Å². The van der Waals surface area contributed by atoms with Gasteiger partial charge in [-0.1, -0.05) is 12.1 Å². The molecule has 1 saturated heterocycles. The first-order valence-electron chi connectivity index (χ1n) is 6.09. The number of phenols is 1. The molecule has 0 bridgehead atoms. The van der Waals surface area contributed by atoms with Crippen LogP contribution in [0.25, 0.3) is 0 Å². The normalized spacial score (nSPS) is 29.7. The Morgan fingerprint density at radius 2 is 2.18 bits per heavy atom. The van der Waals surface area contributed by atoms with Crippen LogP contribution in [-0.4, -0.2) is 40.4 Å². The van der Waals surface area contributed by atoms with E-state index in [-0.39, 0.29) is 24.7 Å². The molecular formula is C13H17NO3. The van der Waals surface area contributed by atoms with Gasteiger partial charge >= 0.3 is 0 Å². The molecule has 1 aromatic rings. The van der Waals surface area contributed by atoms with Crippen LogP contribution in [-0.2, 0) is 4.74 Å². The van der Waals surface area contributed by atoms with E-state index in [1.165, 1.54) is 12.8 Å². The molecular weight excluding hydrogens is 218 g/mol. The zero-order chi connectivity index (χ0) is 11.8. The summed E-state index contributed by atoms with van der Waals surface area (Å²) in [5.41, 5.74) is 0.966. The zero-order valence-corrected chi connectivity index (χ0v) is 9.62. The van der Waals surface area contributed by atoms with Crippen LogP contribution in [0.1, 0.15) is 24.6 Å². The Balaban J connectivity index is 1.84. The van der Waals surface area contributed by atoms with E-state index in [1.807, 2.05) is 12.1 Å². The van der Waals surface area contributed by atoms with E-state index in [0.29, 0.717) is 6.04 Å². The third kappa shape index (κ3) is 2.16. The van der Waals surface area contributed by atoms with Crippen LogP contribution in [0.15, 0.2) is 24.3 Å². The molecule has 2 aliphatic rings. The van der Waals surface area contributed by atoms with Gasteiger partial charge < -0.3 is 14.9 Å². The summed E-state index contributed by atoms with van der Waals surface area (Å²) in [5, 5.41) is 18.7. The lowest BCUT2D eigenvalue weighted by Crippen LogP contribution is -2.27. The van der Waals surface area contributed by atoms with Gasteiger partial charge in [0.05, 0.1) is 12.7 Å². The Kier molecular flexibility index (Phi) is 2.78. The lowest BCUT2D eigenvalue weighted by Gasteiger charge is -2.22. The minimum atomic E-state index is -0.119. The van der Waals surface area contributed by atoms with Crippen LogP contribution < -0.4 is 0 Å². The van der Waals surface area contributed by atoms with Crippen LogP contribution in [0.5, 0.6) is 5.75 Å². The van der Waals surface area contributed by atoms with Crippen molar-refractivity contribution in [2.75, 3.05) is 13.2 Å². The molecule has 1 heterocycles. The summed E-state index contributed by atoms with van der Waals surface area (Å²) in [6.45, 7) is 0.833. The van der Waals surface area contributed by atoms with Crippen molar-refractivity contribution in [2.45, 2.75) is 31.2 Å². The molecule has 2 unspecified atom stereocenters. The second-order valence-electron chi connectivity index (χ2n) is 4.82. The first-order chi connectivity index (χ1) is 8.28. The highest BCUT2D eigenvalue weighted by Crippen LogP contribution is 2.40. The average molecular weight is 235 g/mol. The quantitative estimate of drug-likeness (QED) is 0.827. The molecule has 2 N–H and O–H groups in total. The van der Waals surface area contributed by atoms with Gasteiger partial charge in [0.2, 0.25) is 0 Å². The number of aliphatic hydroxyl groups is 1. The summed E-state index contributed by atoms with van der Waals surface area (Å²) in [4.78, 5) is 2.29. The zero-order valence-electron chi connectivity index (χ0n) is 9.62. The van der Waals surface area contributed by atoms with Crippen molar-refractivity contribution >= 4 is 0 Å². The van der Waals surface area contributed by atoms with Gasteiger partial charge in [-0.25, -0.2) is 0 Å². The van der Waals surface area contributed by atoms with Crippen molar-refractivity contribution in [1.29, 1.82) is 0 Å². The summed E-state index contributed by atoms with van der Waals surface area (Å²) in [6, 6.07) is 7.76. The summed E-state index contributed by atoms with van der Waals surface area (Å²) in [5.74, 6) is 0.259. The van der Waals surface area contributed by atoms with Gasteiger partial charge in [0.25, 0.3) is 0 Å². The maximum Gasteiger partial charge on any atom is 0.137 e. The number of phenolic OH excluding ortho intramolecular Hbond substituents is 1. The van der Waals surface area contributed by atoms with Gasteiger partial charge in [0, 0.05) is 12.6 Å². The lowest BCUT2D eigenvalue weighted by atomic mass is 10.1. The van der Waals surface area contributed by atoms with Gasteiger partial charge in [-0.05, 0) is 30.5 Å². The number of nitrogens with zero attached hydrogens (tertiary/aromatic N) is 1. The summed E-state index contributed by atoms with van der Waals surface area (Å²) >= 11 is 0. The first kappa shape index (κ1) is 11.0. The number of hydrogen-bond acceptors (Lipinski definition) is 4. The van der Waals surface area contributed by atoms with Gasteiger partial charge in [-0.3, -0.25) is 4.90 Å². The largest absolute Gasteiger partial charge is 0.508 e. The third-order valence-corrected chi connectivity index (χ3v) is 3.41. The molecule has 4 nitrogen and oxygen atoms in total. The van der Waals surface area contributed by atoms with Crippen molar-refractivity contribution in [3.05, 3.63) is 29.8 Å². The fourth-order valence-electron chi connectivity index (χ4n) is 2.43. The molecule has 0 radical (unpaired) electrons. The summed E-state index contributed by atoms with van der Waals surface area (Å²) in [7, 11) is 0. The van der Waals surface area contributed by atoms with Crippen LogP contribution in [0, 0.1) is 0 Å². The first-order valence-corrected chi connectivity index (χ1v) is 6.09.